The molecule has 2 aliphatic rings. The highest BCUT2D eigenvalue weighted by Gasteiger charge is 2.54. The number of quaternary nitrogens is 1. The minimum Gasteiger partial charge on any atom is -0.317 e. The molecule has 2 fully saturated rings. The number of imide groups is 1. The molecule has 2 aromatic rings. The van der Waals surface area contributed by atoms with Crippen LogP contribution in [-0.2, 0) is 10.3 Å². The van der Waals surface area contributed by atoms with E-state index in [9.17, 15) is 9.59 Å². The molecule has 25 heavy (non-hydrogen) atoms. The highest BCUT2D eigenvalue weighted by Crippen LogP contribution is 2.35. The van der Waals surface area contributed by atoms with Crippen molar-refractivity contribution in [3.05, 3.63) is 71.8 Å². The molecule has 2 saturated heterocycles. The van der Waals surface area contributed by atoms with E-state index in [1.54, 1.807) is 0 Å². The summed E-state index contributed by atoms with van der Waals surface area (Å²) in [5.41, 5.74) is 0.440. The van der Waals surface area contributed by atoms with Crippen molar-refractivity contribution >= 4 is 11.9 Å². The molecule has 2 N–H and O–H groups in total. The van der Waals surface area contributed by atoms with Gasteiger partial charge in [0, 0.05) is 12.8 Å². The van der Waals surface area contributed by atoms with Gasteiger partial charge in [0.15, 0.2) is 12.2 Å². The molecule has 0 aliphatic carbocycles. The van der Waals surface area contributed by atoms with Crippen LogP contribution in [0.3, 0.4) is 0 Å². The van der Waals surface area contributed by atoms with Gasteiger partial charge in [0.2, 0.25) is 0 Å². The van der Waals surface area contributed by atoms with Gasteiger partial charge in [-0.05, 0) is 11.1 Å². The first-order valence-corrected chi connectivity index (χ1v) is 8.80. The smallest absolute Gasteiger partial charge is 0.317 e. The van der Waals surface area contributed by atoms with E-state index in [2.05, 4.69) is 5.32 Å². The lowest BCUT2D eigenvalue weighted by Crippen LogP contribution is -3.11. The molecule has 0 atom stereocenters. The van der Waals surface area contributed by atoms with Crippen molar-refractivity contribution in [1.29, 1.82) is 0 Å². The molecule has 0 bridgehead atoms. The van der Waals surface area contributed by atoms with Crippen molar-refractivity contribution < 1.29 is 14.5 Å². The number of benzene rings is 2. The van der Waals surface area contributed by atoms with Crippen molar-refractivity contribution in [2.45, 2.75) is 18.4 Å². The number of carbonyl (C=O) groups is 2. The molecule has 0 saturated carbocycles. The third-order valence-electron chi connectivity index (χ3n) is 5.21. The van der Waals surface area contributed by atoms with Crippen molar-refractivity contribution in [2.24, 2.45) is 0 Å². The molecule has 5 nitrogen and oxygen atoms in total. The third-order valence-corrected chi connectivity index (χ3v) is 5.21. The first-order valence-electron chi connectivity index (χ1n) is 8.80. The highest BCUT2D eigenvalue weighted by atomic mass is 16.2. The zero-order valence-electron chi connectivity index (χ0n) is 14.1. The molecule has 0 radical (unpaired) electrons. The molecule has 3 amide bonds. The van der Waals surface area contributed by atoms with Crippen LogP contribution in [0.15, 0.2) is 60.7 Å². The van der Waals surface area contributed by atoms with Gasteiger partial charge in [-0.25, -0.2) is 9.69 Å². The van der Waals surface area contributed by atoms with Gasteiger partial charge in [-0.1, -0.05) is 60.7 Å². The Morgan fingerprint density at radius 1 is 0.880 bits per heavy atom. The third kappa shape index (κ3) is 2.61. The van der Waals surface area contributed by atoms with Crippen LogP contribution in [0.5, 0.6) is 0 Å². The first kappa shape index (κ1) is 15.8. The lowest BCUT2D eigenvalue weighted by molar-refractivity contribution is -0.894. The van der Waals surface area contributed by atoms with E-state index in [-0.39, 0.29) is 11.9 Å². The topological polar surface area (TPSA) is 53.9 Å². The van der Waals surface area contributed by atoms with E-state index in [0.29, 0.717) is 6.67 Å². The van der Waals surface area contributed by atoms with Crippen LogP contribution in [0, 0.1) is 0 Å². The Kier molecular flexibility index (Phi) is 4.01. The number of hydrogen-bond acceptors (Lipinski definition) is 2. The molecule has 0 unspecified atom stereocenters. The fourth-order valence-electron chi connectivity index (χ4n) is 3.91. The highest BCUT2D eigenvalue weighted by molar-refractivity contribution is 6.09. The number of urea groups is 1. The molecule has 2 heterocycles. The van der Waals surface area contributed by atoms with Gasteiger partial charge in [0.25, 0.3) is 5.91 Å². The lowest BCUT2D eigenvalue weighted by Gasteiger charge is -2.28. The van der Waals surface area contributed by atoms with Crippen LogP contribution in [0.1, 0.15) is 24.0 Å². The van der Waals surface area contributed by atoms with Crippen molar-refractivity contribution in [3.8, 4) is 0 Å². The van der Waals surface area contributed by atoms with Gasteiger partial charge in [-0.3, -0.25) is 4.79 Å². The van der Waals surface area contributed by atoms with Crippen LogP contribution in [0.4, 0.5) is 4.79 Å². The number of hydrogen-bond donors (Lipinski definition) is 2. The monoisotopic (exact) mass is 336 g/mol. The Labute approximate surface area is 147 Å². The van der Waals surface area contributed by atoms with Gasteiger partial charge in [-0.15, -0.1) is 0 Å². The summed E-state index contributed by atoms with van der Waals surface area (Å²) in [6, 6.07) is 18.7. The van der Waals surface area contributed by atoms with Gasteiger partial charge < -0.3 is 10.2 Å². The van der Waals surface area contributed by atoms with E-state index < -0.39 is 5.54 Å². The average molecular weight is 336 g/mol. The maximum atomic E-state index is 13.5. The Morgan fingerprint density at radius 3 is 1.92 bits per heavy atom. The molecule has 2 aromatic carbocycles. The van der Waals surface area contributed by atoms with Crippen molar-refractivity contribution in [2.75, 3.05) is 19.8 Å². The normalized spacial score (nSPS) is 20.1. The van der Waals surface area contributed by atoms with Crippen molar-refractivity contribution in [3.63, 3.8) is 0 Å². The Morgan fingerprint density at radius 2 is 1.40 bits per heavy atom. The van der Waals surface area contributed by atoms with E-state index in [1.165, 1.54) is 9.80 Å². The van der Waals surface area contributed by atoms with Crippen LogP contribution >= 0.6 is 0 Å². The van der Waals surface area contributed by atoms with Crippen LogP contribution in [0.25, 0.3) is 0 Å². The van der Waals surface area contributed by atoms with E-state index in [4.69, 9.17) is 0 Å². The molecule has 4 rings (SSSR count). The fraction of sp³-hybridized carbons (Fsp3) is 0.300. The van der Waals surface area contributed by atoms with Crippen LogP contribution in [-0.4, -0.2) is 36.6 Å². The summed E-state index contributed by atoms with van der Waals surface area (Å²) in [5.74, 6) is -0.186. The van der Waals surface area contributed by atoms with E-state index in [0.717, 1.165) is 37.1 Å². The second kappa shape index (κ2) is 6.33. The summed E-state index contributed by atoms with van der Waals surface area (Å²) >= 11 is 0. The number of nitrogens with zero attached hydrogens (tertiary/aromatic N) is 1. The molecular weight excluding hydrogens is 314 g/mol. The molecule has 0 aromatic heterocycles. The van der Waals surface area contributed by atoms with E-state index in [1.807, 2.05) is 60.7 Å². The van der Waals surface area contributed by atoms with Gasteiger partial charge in [0.05, 0.1) is 13.1 Å². The first-order chi connectivity index (χ1) is 12.2. The maximum absolute atomic E-state index is 13.5. The van der Waals surface area contributed by atoms with E-state index >= 15 is 0 Å². The minimum absolute atomic E-state index is 0.186. The fourth-order valence-corrected chi connectivity index (χ4v) is 3.91. The summed E-state index contributed by atoms with van der Waals surface area (Å²) in [6.07, 6.45) is 2.31. The summed E-state index contributed by atoms with van der Waals surface area (Å²) < 4.78 is 0. The summed E-state index contributed by atoms with van der Waals surface area (Å²) in [7, 11) is 0. The van der Waals surface area contributed by atoms with Gasteiger partial charge >= 0.3 is 6.03 Å². The maximum Gasteiger partial charge on any atom is 0.330 e. The Balaban J connectivity index is 1.77. The molecule has 2 aliphatic heterocycles. The summed E-state index contributed by atoms with van der Waals surface area (Å²) in [4.78, 5) is 28.9. The minimum atomic E-state index is -1.14. The van der Waals surface area contributed by atoms with Crippen molar-refractivity contribution in [1.82, 2.24) is 10.2 Å². The standard InChI is InChI=1S/C20H21N3O2/c24-18-20(16-9-3-1-4-10-16,17-11-5-2-6-12-17)21-19(25)23(18)15-22-13-7-8-14-22/h1-6,9-12H,7-8,13-15H2,(H,21,25)/p+1. The number of carbonyl (C=O) groups excluding carboxylic acids is 2. The Bertz CT molecular complexity index is 731. The second-order valence-corrected chi connectivity index (χ2v) is 6.76. The SMILES string of the molecule is O=C1NC(c2ccccc2)(c2ccccc2)C(=O)N1C[NH+]1CCCC1. The summed E-state index contributed by atoms with van der Waals surface area (Å²) in [5, 5.41) is 3.00. The zero-order chi connectivity index (χ0) is 17.3. The molecule has 5 heteroatoms. The number of amides is 3. The predicted molar refractivity (Wildman–Crippen MR) is 93.8 cm³/mol. The largest absolute Gasteiger partial charge is 0.330 e. The van der Waals surface area contributed by atoms with Gasteiger partial charge in [-0.2, -0.15) is 0 Å². The van der Waals surface area contributed by atoms with Gasteiger partial charge in [0.1, 0.15) is 0 Å². The quantitative estimate of drug-likeness (QED) is 0.822. The van der Waals surface area contributed by atoms with Crippen LogP contribution in [0.2, 0.25) is 0 Å². The molecular formula is C20H22N3O2+. The number of rotatable bonds is 4. The Hall–Kier alpha value is -2.66. The molecule has 128 valence electrons. The van der Waals surface area contributed by atoms with Crippen LogP contribution < -0.4 is 10.2 Å². The lowest BCUT2D eigenvalue weighted by atomic mass is 9.83. The number of nitrogens with one attached hydrogen (secondary N) is 2. The second-order valence-electron chi connectivity index (χ2n) is 6.76. The summed E-state index contributed by atoms with van der Waals surface area (Å²) in [6.45, 7) is 2.47. The zero-order valence-corrected chi connectivity index (χ0v) is 14.1. The molecule has 0 spiro atoms. The average Bonchev–Trinajstić information content (AvgIpc) is 3.26. The predicted octanol–water partition coefficient (Wildman–Crippen LogP) is 1.12. The number of likely N-dealkylation sites (tertiary alicyclic amines) is 1.